The van der Waals surface area contributed by atoms with E-state index in [0.717, 1.165) is 24.4 Å². The highest BCUT2D eigenvalue weighted by Gasteiger charge is 2.16. The molecule has 0 bridgehead atoms. The fourth-order valence-corrected chi connectivity index (χ4v) is 1.63. The summed E-state index contributed by atoms with van der Waals surface area (Å²) in [4.78, 5) is 14.0. The topological polar surface area (TPSA) is 91.8 Å². The molecule has 6 nitrogen and oxygen atoms in total. The lowest BCUT2D eigenvalue weighted by Gasteiger charge is -2.07. The van der Waals surface area contributed by atoms with Crippen LogP contribution in [-0.4, -0.2) is 9.91 Å². The number of hydrogen-bond acceptors (Lipinski definition) is 5. The first kappa shape index (κ1) is 14.3. The lowest BCUT2D eigenvalue weighted by molar-refractivity contribution is -0.384. The van der Waals surface area contributed by atoms with E-state index in [1.807, 2.05) is 0 Å². The molecule has 0 fully saturated rings. The maximum atomic E-state index is 13.5. The zero-order chi connectivity index (χ0) is 15.4. The predicted molar refractivity (Wildman–Crippen MR) is 69.3 cm³/mol. The van der Waals surface area contributed by atoms with Crippen LogP contribution in [0.25, 0.3) is 0 Å². The molecule has 0 aliphatic carbocycles. The lowest BCUT2D eigenvalue weighted by Crippen LogP contribution is -2.06. The van der Waals surface area contributed by atoms with Crippen LogP contribution in [0.4, 0.5) is 20.3 Å². The zero-order valence-electron chi connectivity index (χ0n) is 10.5. The van der Waals surface area contributed by atoms with Crippen molar-refractivity contribution in [2.75, 3.05) is 5.32 Å². The second-order valence-corrected chi connectivity index (χ2v) is 4.05. The number of aromatic nitrogens is 1. The Hall–Kier alpha value is -3.08. The van der Waals surface area contributed by atoms with Crippen LogP contribution >= 0.6 is 0 Å². The van der Waals surface area contributed by atoms with Gasteiger partial charge in [0.1, 0.15) is 17.7 Å². The van der Waals surface area contributed by atoms with Crippen LogP contribution in [0.3, 0.4) is 0 Å². The van der Waals surface area contributed by atoms with Crippen molar-refractivity contribution in [1.82, 2.24) is 4.98 Å². The quantitative estimate of drug-likeness (QED) is 0.690. The summed E-state index contributed by atoms with van der Waals surface area (Å²) in [6.45, 7) is -0.105. The summed E-state index contributed by atoms with van der Waals surface area (Å²) in [6, 6.07) is 5.84. The fraction of sp³-hybridized carbons (Fsp3) is 0.0769. The minimum atomic E-state index is -0.765. The van der Waals surface area contributed by atoms with Crippen molar-refractivity contribution in [3.63, 3.8) is 0 Å². The Morgan fingerprint density at radius 2 is 2.14 bits per heavy atom. The van der Waals surface area contributed by atoms with Gasteiger partial charge in [-0.15, -0.1) is 0 Å². The number of nitro groups is 1. The molecule has 2 aromatic rings. The standard InChI is InChI=1S/C13H8F2N4O2/c14-10-2-1-9(11(15)4-10)7-18-13-12(19(20)21)3-8(5-16)6-17-13/h1-4,6H,7H2,(H,17,18). The van der Waals surface area contributed by atoms with E-state index < -0.39 is 22.2 Å². The van der Waals surface area contributed by atoms with Gasteiger partial charge in [0, 0.05) is 30.4 Å². The van der Waals surface area contributed by atoms with Crippen molar-refractivity contribution in [3.8, 4) is 6.07 Å². The summed E-state index contributed by atoms with van der Waals surface area (Å²) >= 11 is 0. The molecule has 2 rings (SSSR count). The van der Waals surface area contributed by atoms with Crippen LogP contribution < -0.4 is 5.32 Å². The van der Waals surface area contributed by atoms with Gasteiger partial charge in [0.2, 0.25) is 5.82 Å². The Kier molecular flexibility index (Phi) is 4.04. The number of nitriles is 1. The van der Waals surface area contributed by atoms with Gasteiger partial charge in [0.05, 0.1) is 10.5 Å². The third-order valence-corrected chi connectivity index (χ3v) is 2.65. The minimum absolute atomic E-state index is 0.0419. The van der Waals surface area contributed by atoms with E-state index in [4.69, 9.17) is 5.26 Å². The molecular formula is C13H8F2N4O2. The fourth-order valence-electron chi connectivity index (χ4n) is 1.63. The van der Waals surface area contributed by atoms with Gasteiger partial charge in [-0.25, -0.2) is 13.8 Å². The summed E-state index contributed by atoms with van der Waals surface area (Å²) in [7, 11) is 0. The second kappa shape index (κ2) is 5.92. The normalized spacial score (nSPS) is 9.95. The van der Waals surface area contributed by atoms with E-state index in [0.29, 0.717) is 0 Å². The molecule has 0 radical (unpaired) electrons. The van der Waals surface area contributed by atoms with Gasteiger partial charge < -0.3 is 5.32 Å². The van der Waals surface area contributed by atoms with Crippen LogP contribution in [0.2, 0.25) is 0 Å². The maximum absolute atomic E-state index is 13.5. The first-order valence-corrected chi connectivity index (χ1v) is 5.73. The molecule has 0 saturated carbocycles. The van der Waals surface area contributed by atoms with Crippen LogP contribution in [0.15, 0.2) is 30.5 Å². The van der Waals surface area contributed by atoms with Crippen LogP contribution in [0.5, 0.6) is 0 Å². The van der Waals surface area contributed by atoms with E-state index in [9.17, 15) is 18.9 Å². The van der Waals surface area contributed by atoms with E-state index in [2.05, 4.69) is 10.3 Å². The van der Waals surface area contributed by atoms with Gasteiger partial charge in [-0.05, 0) is 6.07 Å². The molecule has 0 amide bonds. The molecule has 1 heterocycles. The smallest absolute Gasteiger partial charge is 0.312 e. The molecule has 1 N–H and O–H groups in total. The van der Waals surface area contributed by atoms with Crippen LogP contribution in [0.1, 0.15) is 11.1 Å². The zero-order valence-corrected chi connectivity index (χ0v) is 10.5. The molecule has 0 aliphatic rings. The Morgan fingerprint density at radius 1 is 1.38 bits per heavy atom. The lowest BCUT2D eigenvalue weighted by atomic mass is 10.2. The number of rotatable bonds is 4. The first-order valence-electron chi connectivity index (χ1n) is 5.73. The summed E-state index contributed by atoms with van der Waals surface area (Å²) < 4.78 is 26.2. The Morgan fingerprint density at radius 3 is 2.76 bits per heavy atom. The highest BCUT2D eigenvalue weighted by Crippen LogP contribution is 2.23. The summed E-state index contributed by atoms with van der Waals surface area (Å²) in [5.41, 5.74) is -0.214. The van der Waals surface area contributed by atoms with Gasteiger partial charge in [0.15, 0.2) is 0 Å². The van der Waals surface area contributed by atoms with Gasteiger partial charge in [-0.1, -0.05) is 6.07 Å². The predicted octanol–water partition coefficient (Wildman–Crippen LogP) is 2.75. The Balaban J connectivity index is 2.24. The van der Waals surface area contributed by atoms with E-state index in [-0.39, 0.29) is 23.5 Å². The average Bonchev–Trinajstić information content (AvgIpc) is 2.46. The van der Waals surface area contributed by atoms with Gasteiger partial charge in [-0.2, -0.15) is 5.26 Å². The third kappa shape index (κ3) is 3.27. The summed E-state index contributed by atoms with van der Waals surface area (Å²) in [6.07, 6.45) is 1.16. The van der Waals surface area contributed by atoms with Crippen molar-refractivity contribution >= 4 is 11.5 Å². The number of nitrogens with zero attached hydrogens (tertiary/aromatic N) is 3. The van der Waals surface area contributed by atoms with Gasteiger partial charge >= 0.3 is 5.69 Å². The molecule has 1 aromatic carbocycles. The SMILES string of the molecule is N#Cc1cnc(NCc2ccc(F)cc2F)c([N+](=O)[O-])c1. The highest BCUT2D eigenvalue weighted by molar-refractivity contribution is 5.58. The minimum Gasteiger partial charge on any atom is -0.360 e. The highest BCUT2D eigenvalue weighted by atomic mass is 19.1. The molecule has 106 valence electrons. The third-order valence-electron chi connectivity index (χ3n) is 2.65. The van der Waals surface area contributed by atoms with Crippen molar-refractivity contribution in [2.45, 2.75) is 6.54 Å². The number of hydrogen-bond donors (Lipinski definition) is 1. The second-order valence-electron chi connectivity index (χ2n) is 4.05. The number of nitrogens with one attached hydrogen (secondary N) is 1. The average molecular weight is 290 g/mol. The van der Waals surface area contributed by atoms with Crippen molar-refractivity contribution < 1.29 is 13.7 Å². The summed E-state index contributed by atoms with van der Waals surface area (Å²) in [5, 5.41) is 22.2. The van der Waals surface area contributed by atoms with Crippen molar-refractivity contribution in [1.29, 1.82) is 5.26 Å². The van der Waals surface area contributed by atoms with Gasteiger partial charge in [0.25, 0.3) is 0 Å². The largest absolute Gasteiger partial charge is 0.360 e. The molecule has 21 heavy (non-hydrogen) atoms. The molecule has 0 unspecified atom stereocenters. The molecule has 0 aliphatic heterocycles. The number of anilines is 1. The van der Waals surface area contributed by atoms with E-state index in [1.54, 1.807) is 6.07 Å². The number of pyridine rings is 1. The van der Waals surface area contributed by atoms with E-state index >= 15 is 0 Å². The van der Waals surface area contributed by atoms with Crippen molar-refractivity contribution in [2.24, 2.45) is 0 Å². The Bertz CT molecular complexity index is 743. The van der Waals surface area contributed by atoms with Crippen molar-refractivity contribution in [3.05, 3.63) is 63.3 Å². The molecular weight excluding hydrogens is 282 g/mol. The number of halogens is 2. The van der Waals surface area contributed by atoms with E-state index in [1.165, 1.54) is 6.07 Å². The maximum Gasteiger partial charge on any atom is 0.312 e. The first-order chi connectivity index (χ1) is 10.0. The van der Waals surface area contributed by atoms with Gasteiger partial charge in [-0.3, -0.25) is 10.1 Å². The number of benzene rings is 1. The molecule has 0 spiro atoms. The van der Waals surface area contributed by atoms with Crippen LogP contribution in [-0.2, 0) is 6.54 Å². The monoisotopic (exact) mass is 290 g/mol. The molecule has 1 aromatic heterocycles. The Labute approximate surface area is 117 Å². The molecule has 0 atom stereocenters. The van der Waals surface area contributed by atoms with Crippen LogP contribution in [0, 0.1) is 33.1 Å². The molecule has 0 saturated heterocycles. The molecule has 8 heteroatoms. The summed E-state index contributed by atoms with van der Waals surface area (Å²) in [5.74, 6) is -1.57.